The van der Waals surface area contributed by atoms with Crippen LogP contribution in [0.25, 0.3) is 0 Å². The van der Waals surface area contributed by atoms with Gasteiger partial charge in [0.05, 0.1) is 0 Å². The first-order chi connectivity index (χ1) is 12.3. The second-order valence-electron chi connectivity index (χ2n) is 7.17. The van der Waals surface area contributed by atoms with Gasteiger partial charge in [-0.05, 0) is 43.4 Å². The lowest BCUT2D eigenvalue weighted by Gasteiger charge is -2.19. The number of carbonyl (C=O) groups excluding carboxylic acids is 1. The lowest BCUT2D eigenvalue weighted by molar-refractivity contribution is -0.130. The zero-order valence-corrected chi connectivity index (χ0v) is 19.7. The largest absolute Gasteiger partial charge is 0.484 e. The van der Waals surface area contributed by atoms with Gasteiger partial charge >= 0.3 is 0 Å². The van der Waals surface area contributed by atoms with Crippen molar-refractivity contribution in [2.24, 2.45) is 10.9 Å². The van der Waals surface area contributed by atoms with Crippen LogP contribution in [-0.2, 0) is 11.3 Å². The fourth-order valence-electron chi connectivity index (χ4n) is 2.29. The summed E-state index contributed by atoms with van der Waals surface area (Å²) >= 11 is 0. The number of nitrogens with one attached hydrogen (secondary N) is 2. The van der Waals surface area contributed by atoms with E-state index in [-0.39, 0.29) is 36.5 Å². The van der Waals surface area contributed by atoms with Gasteiger partial charge in [-0.1, -0.05) is 26.0 Å². The number of nitrogens with zero attached hydrogens (tertiary/aromatic N) is 2. The van der Waals surface area contributed by atoms with E-state index < -0.39 is 0 Å². The molecule has 1 aromatic carbocycles. The minimum Gasteiger partial charge on any atom is -0.484 e. The number of hydrogen-bond acceptors (Lipinski definition) is 3. The zero-order valence-electron chi connectivity index (χ0n) is 17.4. The summed E-state index contributed by atoms with van der Waals surface area (Å²) in [6.45, 7) is 7.32. The van der Waals surface area contributed by atoms with Crippen LogP contribution in [0.15, 0.2) is 29.3 Å². The van der Waals surface area contributed by atoms with E-state index in [9.17, 15) is 4.79 Å². The quantitative estimate of drug-likeness (QED) is 0.317. The van der Waals surface area contributed by atoms with Crippen LogP contribution in [0, 0.1) is 5.92 Å². The van der Waals surface area contributed by atoms with E-state index in [0.29, 0.717) is 24.3 Å². The molecule has 0 saturated carbocycles. The number of amides is 1. The van der Waals surface area contributed by atoms with E-state index in [4.69, 9.17) is 4.74 Å². The lowest BCUT2D eigenvalue weighted by Crippen LogP contribution is -2.41. The molecule has 0 aromatic heterocycles. The summed E-state index contributed by atoms with van der Waals surface area (Å²) < 4.78 is 5.56. The van der Waals surface area contributed by atoms with Crippen LogP contribution in [0.2, 0.25) is 0 Å². The summed E-state index contributed by atoms with van der Waals surface area (Å²) in [7, 11) is 5.20. The highest BCUT2D eigenvalue weighted by atomic mass is 127. The Hall–Kier alpha value is -1.51. The molecule has 2 N–H and O–H groups in total. The normalized spacial score (nSPS) is 12.2. The molecule has 1 atom stereocenters. The highest BCUT2D eigenvalue weighted by Gasteiger charge is 2.08. The standard InChI is InChI=1S/C20H34N4O2.HI/c1-15(2)10-11-16(3)23-20(21-4)22-13-17-8-7-9-18(12-17)26-14-19(25)24(5)6;/h7-9,12,15-16H,10-11,13-14H2,1-6H3,(H2,21,22,23);1H. The minimum atomic E-state index is -0.0616. The molecule has 0 bridgehead atoms. The molecule has 1 rings (SSSR count). The van der Waals surface area contributed by atoms with Crippen molar-refractivity contribution in [2.75, 3.05) is 27.7 Å². The van der Waals surface area contributed by atoms with Gasteiger partial charge in [-0.3, -0.25) is 9.79 Å². The first-order valence-electron chi connectivity index (χ1n) is 9.21. The Balaban J connectivity index is 0.00000676. The van der Waals surface area contributed by atoms with Gasteiger partial charge in [-0.15, -0.1) is 24.0 Å². The molecule has 0 heterocycles. The number of rotatable bonds is 9. The molecule has 0 saturated heterocycles. The number of halogens is 1. The molecule has 0 aliphatic carbocycles. The lowest BCUT2D eigenvalue weighted by atomic mass is 10.0. The molecule has 6 nitrogen and oxygen atoms in total. The van der Waals surface area contributed by atoms with Crippen LogP contribution < -0.4 is 15.4 Å². The molecule has 154 valence electrons. The minimum absolute atomic E-state index is 0. The second-order valence-corrected chi connectivity index (χ2v) is 7.17. The van der Waals surface area contributed by atoms with Crippen molar-refractivity contribution in [3.63, 3.8) is 0 Å². The summed E-state index contributed by atoms with van der Waals surface area (Å²) in [6.07, 6.45) is 2.30. The third-order valence-corrected chi connectivity index (χ3v) is 4.00. The van der Waals surface area contributed by atoms with Crippen molar-refractivity contribution in [3.05, 3.63) is 29.8 Å². The fourth-order valence-corrected chi connectivity index (χ4v) is 2.29. The number of ether oxygens (including phenoxy) is 1. The number of likely N-dealkylation sites (N-methyl/N-ethyl adjacent to an activating group) is 1. The molecular weight excluding hydrogens is 455 g/mol. The van der Waals surface area contributed by atoms with Gasteiger partial charge in [-0.2, -0.15) is 0 Å². The van der Waals surface area contributed by atoms with Crippen LogP contribution in [0.5, 0.6) is 5.75 Å². The molecule has 1 unspecified atom stereocenters. The van der Waals surface area contributed by atoms with E-state index in [1.165, 1.54) is 11.3 Å². The third kappa shape index (κ3) is 11.0. The maximum atomic E-state index is 11.6. The molecule has 0 fully saturated rings. The number of hydrogen-bond donors (Lipinski definition) is 2. The molecule has 0 aliphatic rings. The zero-order chi connectivity index (χ0) is 19.5. The van der Waals surface area contributed by atoms with Gasteiger partial charge in [0.1, 0.15) is 5.75 Å². The van der Waals surface area contributed by atoms with Crippen molar-refractivity contribution in [1.82, 2.24) is 15.5 Å². The van der Waals surface area contributed by atoms with Crippen molar-refractivity contribution in [1.29, 1.82) is 0 Å². The Morgan fingerprint density at radius 1 is 1.22 bits per heavy atom. The number of guanidine groups is 1. The monoisotopic (exact) mass is 490 g/mol. The average molecular weight is 490 g/mol. The molecule has 1 aromatic rings. The van der Waals surface area contributed by atoms with Crippen LogP contribution in [-0.4, -0.2) is 50.6 Å². The third-order valence-electron chi connectivity index (χ3n) is 4.00. The van der Waals surface area contributed by atoms with Gasteiger partial charge in [0.25, 0.3) is 5.91 Å². The molecule has 0 aliphatic heterocycles. The summed E-state index contributed by atoms with van der Waals surface area (Å²) in [6, 6.07) is 8.10. The Kier molecular flexibility index (Phi) is 12.9. The van der Waals surface area contributed by atoms with Gasteiger partial charge in [0.2, 0.25) is 0 Å². The molecule has 0 radical (unpaired) electrons. The summed E-state index contributed by atoms with van der Waals surface area (Å²) in [4.78, 5) is 17.4. The summed E-state index contributed by atoms with van der Waals surface area (Å²) in [5.41, 5.74) is 1.07. The van der Waals surface area contributed by atoms with Crippen molar-refractivity contribution >= 4 is 35.8 Å². The second kappa shape index (κ2) is 13.6. The van der Waals surface area contributed by atoms with E-state index in [2.05, 4.69) is 36.4 Å². The Bertz CT molecular complexity index is 591. The van der Waals surface area contributed by atoms with E-state index in [0.717, 1.165) is 17.9 Å². The van der Waals surface area contributed by atoms with Gasteiger partial charge in [0, 0.05) is 33.7 Å². The Morgan fingerprint density at radius 2 is 1.93 bits per heavy atom. The molecule has 0 spiro atoms. The van der Waals surface area contributed by atoms with Crippen LogP contribution >= 0.6 is 24.0 Å². The number of benzene rings is 1. The first-order valence-corrected chi connectivity index (χ1v) is 9.21. The van der Waals surface area contributed by atoms with E-state index in [1.54, 1.807) is 21.1 Å². The van der Waals surface area contributed by atoms with Gasteiger partial charge in [0.15, 0.2) is 12.6 Å². The maximum Gasteiger partial charge on any atom is 0.259 e. The first kappa shape index (κ1) is 25.5. The highest BCUT2D eigenvalue weighted by molar-refractivity contribution is 14.0. The summed E-state index contributed by atoms with van der Waals surface area (Å²) in [5.74, 6) is 2.12. The van der Waals surface area contributed by atoms with E-state index >= 15 is 0 Å². The van der Waals surface area contributed by atoms with E-state index in [1.807, 2.05) is 24.3 Å². The van der Waals surface area contributed by atoms with Gasteiger partial charge < -0.3 is 20.3 Å². The van der Waals surface area contributed by atoms with Crippen molar-refractivity contribution < 1.29 is 9.53 Å². The van der Waals surface area contributed by atoms with Crippen molar-refractivity contribution in [2.45, 2.75) is 46.2 Å². The van der Waals surface area contributed by atoms with Crippen LogP contribution in [0.3, 0.4) is 0 Å². The topological polar surface area (TPSA) is 66.0 Å². The summed E-state index contributed by atoms with van der Waals surface area (Å²) in [5, 5.41) is 6.74. The Labute approximate surface area is 181 Å². The van der Waals surface area contributed by atoms with Gasteiger partial charge in [-0.25, -0.2) is 0 Å². The predicted octanol–water partition coefficient (Wildman–Crippen LogP) is 3.26. The molecule has 27 heavy (non-hydrogen) atoms. The number of aliphatic imine (C=N–C) groups is 1. The predicted molar refractivity (Wildman–Crippen MR) is 123 cm³/mol. The smallest absolute Gasteiger partial charge is 0.259 e. The molecule has 7 heteroatoms. The molecular formula is C20H35IN4O2. The maximum absolute atomic E-state index is 11.6. The molecule has 1 amide bonds. The van der Waals surface area contributed by atoms with Crippen LogP contribution in [0.1, 0.15) is 39.2 Å². The Morgan fingerprint density at radius 3 is 2.52 bits per heavy atom. The average Bonchev–Trinajstić information content (AvgIpc) is 2.61. The highest BCUT2D eigenvalue weighted by Crippen LogP contribution is 2.13. The SMILES string of the molecule is CN=C(NCc1cccc(OCC(=O)N(C)C)c1)NC(C)CCC(C)C.I. The van der Waals surface area contributed by atoms with Crippen LogP contribution in [0.4, 0.5) is 0 Å². The van der Waals surface area contributed by atoms with Crippen molar-refractivity contribution in [3.8, 4) is 5.75 Å². The fraction of sp³-hybridized carbons (Fsp3) is 0.600. The number of carbonyl (C=O) groups is 1.